The van der Waals surface area contributed by atoms with Crippen LogP contribution in [-0.2, 0) is 0 Å². The van der Waals surface area contributed by atoms with Crippen molar-refractivity contribution in [2.24, 2.45) is 5.92 Å². The Morgan fingerprint density at radius 1 is 1.23 bits per heavy atom. The van der Waals surface area contributed by atoms with E-state index in [0.29, 0.717) is 11.2 Å². The number of aliphatic hydroxyl groups excluding tert-OH is 1. The third-order valence-electron chi connectivity index (χ3n) is 2.08. The highest BCUT2D eigenvalue weighted by atomic mass is 32.2. The van der Waals surface area contributed by atoms with E-state index < -0.39 is 0 Å². The standard InChI is InChI=1S/C11H24OS/c1-5-6-10(4)7-11(12)8-13-9(2)3/h9-12H,5-8H2,1-4H3. The summed E-state index contributed by atoms with van der Waals surface area (Å²) in [5.74, 6) is 1.57. The van der Waals surface area contributed by atoms with E-state index in [1.165, 1.54) is 12.8 Å². The van der Waals surface area contributed by atoms with Gasteiger partial charge in [0, 0.05) is 5.75 Å². The second-order valence-electron chi connectivity index (χ2n) is 4.17. The Kier molecular flexibility index (Phi) is 7.87. The zero-order chi connectivity index (χ0) is 10.3. The molecule has 80 valence electrons. The lowest BCUT2D eigenvalue weighted by Gasteiger charge is -2.16. The minimum atomic E-state index is -0.103. The fourth-order valence-corrected chi connectivity index (χ4v) is 2.19. The van der Waals surface area contributed by atoms with Gasteiger partial charge >= 0.3 is 0 Å². The zero-order valence-corrected chi connectivity index (χ0v) is 10.2. The molecule has 0 aromatic carbocycles. The molecule has 0 spiro atoms. The molecule has 1 N–H and O–H groups in total. The molecule has 2 unspecified atom stereocenters. The first-order valence-corrected chi connectivity index (χ1v) is 6.40. The van der Waals surface area contributed by atoms with Crippen molar-refractivity contribution in [2.75, 3.05) is 5.75 Å². The predicted molar refractivity (Wildman–Crippen MR) is 62.3 cm³/mol. The molecule has 0 aliphatic carbocycles. The molecule has 0 rings (SSSR count). The summed E-state index contributed by atoms with van der Waals surface area (Å²) in [5.41, 5.74) is 0. The Bertz CT molecular complexity index is 115. The van der Waals surface area contributed by atoms with Crippen LogP contribution in [0.25, 0.3) is 0 Å². The lowest BCUT2D eigenvalue weighted by molar-refractivity contribution is 0.166. The molecule has 0 aliphatic rings. The second kappa shape index (κ2) is 7.69. The van der Waals surface area contributed by atoms with E-state index in [9.17, 15) is 5.11 Å². The first kappa shape index (κ1) is 13.3. The normalized spacial score (nSPS) is 16.2. The minimum absolute atomic E-state index is 0.103. The van der Waals surface area contributed by atoms with Gasteiger partial charge in [0.1, 0.15) is 0 Å². The van der Waals surface area contributed by atoms with E-state index in [2.05, 4.69) is 27.7 Å². The molecule has 0 radical (unpaired) electrons. The molecule has 2 atom stereocenters. The van der Waals surface area contributed by atoms with Crippen LogP contribution in [-0.4, -0.2) is 22.2 Å². The Labute approximate surface area is 87.3 Å². The highest BCUT2D eigenvalue weighted by Crippen LogP contribution is 2.17. The third kappa shape index (κ3) is 8.63. The molecular weight excluding hydrogens is 180 g/mol. The Morgan fingerprint density at radius 3 is 2.31 bits per heavy atom. The van der Waals surface area contributed by atoms with Gasteiger partial charge in [-0.3, -0.25) is 0 Å². The first-order valence-electron chi connectivity index (χ1n) is 5.35. The number of hydrogen-bond donors (Lipinski definition) is 1. The Morgan fingerprint density at radius 2 is 1.85 bits per heavy atom. The number of rotatable bonds is 7. The van der Waals surface area contributed by atoms with E-state index in [-0.39, 0.29) is 6.10 Å². The van der Waals surface area contributed by atoms with Crippen molar-refractivity contribution in [3.05, 3.63) is 0 Å². The van der Waals surface area contributed by atoms with Crippen LogP contribution in [0, 0.1) is 5.92 Å². The van der Waals surface area contributed by atoms with Crippen molar-refractivity contribution in [3.8, 4) is 0 Å². The van der Waals surface area contributed by atoms with Gasteiger partial charge in [-0.2, -0.15) is 11.8 Å². The lowest BCUT2D eigenvalue weighted by atomic mass is 10.00. The average molecular weight is 204 g/mol. The van der Waals surface area contributed by atoms with Crippen LogP contribution >= 0.6 is 11.8 Å². The van der Waals surface area contributed by atoms with Gasteiger partial charge in [0.15, 0.2) is 0 Å². The summed E-state index contributed by atoms with van der Waals surface area (Å²) >= 11 is 1.85. The molecule has 0 bridgehead atoms. The molecule has 0 aliphatic heterocycles. The summed E-state index contributed by atoms with van der Waals surface area (Å²) < 4.78 is 0. The monoisotopic (exact) mass is 204 g/mol. The van der Waals surface area contributed by atoms with Crippen LogP contribution in [0.4, 0.5) is 0 Å². The molecule has 0 amide bonds. The van der Waals surface area contributed by atoms with Crippen molar-refractivity contribution in [1.29, 1.82) is 0 Å². The molecule has 0 aromatic heterocycles. The maximum atomic E-state index is 9.67. The Balaban J connectivity index is 3.43. The molecule has 0 aromatic rings. The van der Waals surface area contributed by atoms with Crippen molar-refractivity contribution >= 4 is 11.8 Å². The summed E-state index contributed by atoms with van der Waals surface area (Å²) in [6, 6.07) is 0. The SMILES string of the molecule is CCCC(C)CC(O)CSC(C)C. The summed E-state index contributed by atoms with van der Waals surface area (Å²) in [6.07, 6.45) is 3.33. The predicted octanol–water partition coefficient (Wildman–Crippen LogP) is 3.32. The van der Waals surface area contributed by atoms with Gasteiger partial charge in [-0.15, -0.1) is 0 Å². The molecular formula is C11H24OS. The van der Waals surface area contributed by atoms with E-state index in [0.717, 1.165) is 12.2 Å². The molecule has 13 heavy (non-hydrogen) atoms. The van der Waals surface area contributed by atoms with Crippen molar-refractivity contribution in [3.63, 3.8) is 0 Å². The number of aliphatic hydroxyl groups is 1. The van der Waals surface area contributed by atoms with Crippen molar-refractivity contribution in [1.82, 2.24) is 0 Å². The van der Waals surface area contributed by atoms with Crippen molar-refractivity contribution < 1.29 is 5.11 Å². The van der Waals surface area contributed by atoms with Gasteiger partial charge in [-0.05, 0) is 17.6 Å². The van der Waals surface area contributed by atoms with Crippen LogP contribution in [0.3, 0.4) is 0 Å². The average Bonchev–Trinajstić information content (AvgIpc) is 2.01. The molecule has 0 saturated carbocycles. The Hall–Kier alpha value is 0.310. The smallest absolute Gasteiger partial charge is 0.0633 e. The largest absolute Gasteiger partial charge is 0.392 e. The number of thioether (sulfide) groups is 1. The van der Waals surface area contributed by atoms with E-state index >= 15 is 0 Å². The molecule has 0 fully saturated rings. The fraction of sp³-hybridized carbons (Fsp3) is 1.00. The van der Waals surface area contributed by atoms with Gasteiger partial charge in [-0.1, -0.05) is 40.5 Å². The van der Waals surface area contributed by atoms with Gasteiger partial charge in [0.25, 0.3) is 0 Å². The van der Waals surface area contributed by atoms with Gasteiger partial charge in [0.2, 0.25) is 0 Å². The van der Waals surface area contributed by atoms with Gasteiger partial charge < -0.3 is 5.11 Å². The van der Waals surface area contributed by atoms with Crippen molar-refractivity contribution in [2.45, 2.75) is 58.3 Å². The van der Waals surface area contributed by atoms with Crippen LogP contribution in [0.15, 0.2) is 0 Å². The van der Waals surface area contributed by atoms with E-state index in [1.807, 2.05) is 11.8 Å². The molecule has 0 heterocycles. The second-order valence-corrected chi connectivity index (χ2v) is 5.77. The fourth-order valence-electron chi connectivity index (χ4n) is 1.45. The lowest BCUT2D eigenvalue weighted by Crippen LogP contribution is -2.15. The summed E-state index contributed by atoms with van der Waals surface area (Å²) in [7, 11) is 0. The zero-order valence-electron chi connectivity index (χ0n) is 9.42. The van der Waals surface area contributed by atoms with Crippen LogP contribution in [0.5, 0.6) is 0 Å². The third-order valence-corrected chi connectivity index (χ3v) is 3.32. The van der Waals surface area contributed by atoms with E-state index in [1.54, 1.807) is 0 Å². The van der Waals surface area contributed by atoms with Crippen LogP contribution in [0.1, 0.15) is 47.0 Å². The first-order chi connectivity index (χ1) is 6.06. The number of hydrogen-bond acceptors (Lipinski definition) is 2. The van der Waals surface area contributed by atoms with Crippen LogP contribution in [0.2, 0.25) is 0 Å². The quantitative estimate of drug-likeness (QED) is 0.686. The minimum Gasteiger partial charge on any atom is -0.392 e. The maximum Gasteiger partial charge on any atom is 0.0633 e. The molecule has 2 heteroatoms. The summed E-state index contributed by atoms with van der Waals surface area (Å²) in [4.78, 5) is 0. The highest BCUT2D eigenvalue weighted by Gasteiger charge is 2.10. The maximum absolute atomic E-state index is 9.67. The summed E-state index contributed by atoms with van der Waals surface area (Å²) in [5, 5.41) is 10.3. The van der Waals surface area contributed by atoms with Gasteiger partial charge in [-0.25, -0.2) is 0 Å². The molecule has 0 saturated heterocycles. The highest BCUT2D eigenvalue weighted by molar-refractivity contribution is 7.99. The molecule has 1 nitrogen and oxygen atoms in total. The van der Waals surface area contributed by atoms with E-state index in [4.69, 9.17) is 0 Å². The topological polar surface area (TPSA) is 20.2 Å². The summed E-state index contributed by atoms with van der Waals surface area (Å²) in [6.45, 7) is 8.78. The van der Waals surface area contributed by atoms with Gasteiger partial charge in [0.05, 0.1) is 6.10 Å². The van der Waals surface area contributed by atoms with Crippen LogP contribution < -0.4 is 0 Å².